The summed E-state index contributed by atoms with van der Waals surface area (Å²) in [5, 5.41) is 11.4. The fourth-order valence-corrected chi connectivity index (χ4v) is 2.81. The average Bonchev–Trinajstić information content (AvgIpc) is 3.16. The molecule has 0 spiro atoms. The van der Waals surface area contributed by atoms with Crippen LogP contribution in [0.1, 0.15) is 61.3 Å². The Balaban J connectivity index is 1.88. The number of rotatable bonds is 9. The summed E-state index contributed by atoms with van der Waals surface area (Å²) in [5.74, 6) is -0.601. The zero-order valence-corrected chi connectivity index (χ0v) is 15.3. The monoisotopic (exact) mass is 367 g/mol. The van der Waals surface area contributed by atoms with Gasteiger partial charge in [-0.15, -0.1) is 0 Å². The molecule has 0 unspecified atom stereocenters. The number of nitriles is 1. The van der Waals surface area contributed by atoms with Crippen molar-refractivity contribution in [3.05, 3.63) is 53.2 Å². The van der Waals surface area contributed by atoms with Crippen molar-refractivity contribution in [2.24, 2.45) is 5.73 Å². The maximum absolute atomic E-state index is 11.9. The van der Waals surface area contributed by atoms with Crippen molar-refractivity contribution in [1.82, 2.24) is 15.3 Å². The molecule has 4 N–H and O–H groups in total. The summed E-state index contributed by atoms with van der Waals surface area (Å²) in [6.07, 6.45) is 16.1. The quantitative estimate of drug-likeness (QED) is 0.458. The van der Waals surface area contributed by atoms with Crippen LogP contribution in [0.4, 0.5) is 0 Å². The lowest BCUT2D eigenvalue weighted by Crippen LogP contribution is -2.24. The highest BCUT2D eigenvalue weighted by Crippen LogP contribution is 2.21. The fourth-order valence-electron chi connectivity index (χ4n) is 2.81. The minimum absolute atomic E-state index is 0.105. The lowest BCUT2D eigenvalue weighted by atomic mass is 9.95. The van der Waals surface area contributed by atoms with Gasteiger partial charge in [0.15, 0.2) is 11.5 Å². The molecule has 0 radical (unpaired) electrons. The predicted octanol–water partition coefficient (Wildman–Crippen LogP) is 2.65. The lowest BCUT2D eigenvalue weighted by molar-refractivity contribution is -0.117. The van der Waals surface area contributed by atoms with E-state index in [1.54, 1.807) is 0 Å². The Morgan fingerprint density at radius 2 is 2.22 bits per heavy atom. The van der Waals surface area contributed by atoms with E-state index < -0.39 is 0 Å². The second-order valence-corrected chi connectivity index (χ2v) is 6.42. The number of aromatic amines is 1. The van der Waals surface area contributed by atoms with Gasteiger partial charge in [0.1, 0.15) is 6.07 Å². The molecule has 0 saturated carbocycles. The molecule has 1 heterocycles. The molecule has 7 nitrogen and oxygen atoms in total. The number of hydrogen-bond acceptors (Lipinski definition) is 4. The van der Waals surface area contributed by atoms with Gasteiger partial charge in [0, 0.05) is 19.2 Å². The highest BCUT2D eigenvalue weighted by Gasteiger charge is 2.09. The van der Waals surface area contributed by atoms with Crippen LogP contribution in [0.3, 0.4) is 0 Å². The third kappa shape index (κ3) is 7.32. The summed E-state index contributed by atoms with van der Waals surface area (Å²) in [6, 6.07) is 1.86. The molecule has 0 saturated heterocycles. The van der Waals surface area contributed by atoms with E-state index >= 15 is 0 Å². The highest BCUT2D eigenvalue weighted by atomic mass is 16.2. The molecule has 0 fully saturated rings. The van der Waals surface area contributed by atoms with Crippen LogP contribution >= 0.6 is 0 Å². The first kappa shape index (κ1) is 20.2. The van der Waals surface area contributed by atoms with E-state index in [4.69, 9.17) is 11.0 Å². The van der Waals surface area contributed by atoms with Crippen LogP contribution in [0, 0.1) is 11.3 Å². The van der Waals surface area contributed by atoms with E-state index in [2.05, 4.69) is 27.4 Å². The molecule has 2 amide bonds. The fraction of sp³-hybridized carbons (Fsp3) is 0.400. The number of allylic oxidation sites excluding steroid dienone is 5. The molecule has 1 aromatic heterocycles. The van der Waals surface area contributed by atoms with Crippen LogP contribution < -0.4 is 11.1 Å². The summed E-state index contributed by atoms with van der Waals surface area (Å²) >= 11 is 0. The lowest BCUT2D eigenvalue weighted by Gasteiger charge is -2.11. The van der Waals surface area contributed by atoms with Crippen LogP contribution in [-0.4, -0.2) is 28.3 Å². The van der Waals surface area contributed by atoms with Crippen LogP contribution in [0.2, 0.25) is 0 Å². The maximum atomic E-state index is 11.9. The number of amides is 2. The third-order valence-corrected chi connectivity index (χ3v) is 4.29. The number of hydrogen-bond donors (Lipinski definition) is 3. The van der Waals surface area contributed by atoms with Gasteiger partial charge in [0.25, 0.3) is 5.91 Å². The smallest absolute Gasteiger partial charge is 0.287 e. The van der Waals surface area contributed by atoms with Crippen molar-refractivity contribution in [2.75, 3.05) is 6.54 Å². The zero-order chi connectivity index (χ0) is 19.5. The number of nitrogens with two attached hydrogens (primary N) is 1. The number of nitrogens with zero attached hydrogens (tertiary/aromatic N) is 2. The van der Waals surface area contributed by atoms with Gasteiger partial charge < -0.3 is 16.0 Å². The molecular weight excluding hydrogens is 342 g/mol. The SMILES string of the molecule is N#Cc1c[nH]c(C(=O)NC/C=C\C(=C/CC2=CCCCC2)CCC(N)=O)n1. The predicted molar refractivity (Wildman–Crippen MR) is 102 cm³/mol. The van der Waals surface area contributed by atoms with Crippen molar-refractivity contribution < 1.29 is 9.59 Å². The van der Waals surface area contributed by atoms with E-state index in [1.807, 2.05) is 18.2 Å². The Bertz CT molecular complexity index is 796. The molecule has 0 aliphatic heterocycles. The topological polar surface area (TPSA) is 125 Å². The van der Waals surface area contributed by atoms with Crippen molar-refractivity contribution in [2.45, 2.75) is 44.9 Å². The molecule has 2 rings (SSSR count). The Hall–Kier alpha value is -3.14. The van der Waals surface area contributed by atoms with Crippen LogP contribution in [-0.2, 0) is 4.79 Å². The summed E-state index contributed by atoms with van der Waals surface area (Å²) in [7, 11) is 0. The minimum atomic E-state index is -0.379. The van der Waals surface area contributed by atoms with Gasteiger partial charge >= 0.3 is 0 Å². The summed E-state index contributed by atoms with van der Waals surface area (Å²) in [4.78, 5) is 29.5. The van der Waals surface area contributed by atoms with E-state index in [0.717, 1.165) is 24.8 Å². The second kappa shape index (κ2) is 10.8. The van der Waals surface area contributed by atoms with Gasteiger partial charge in [-0.1, -0.05) is 35.5 Å². The maximum Gasteiger partial charge on any atom is 0.287 e. The first-order valence-corrected chi connectivity index (χ1v) is 9.14. The molecule has 1 aliphatic carbocycles. The third-order valence-electron chi connectivity index (χ3n) is 4.29. The Morgan fingerprint density at radius 1 is 1.37 bits per heavy atom. The average molecular weight is 367 g/mol. The van der Waals surface area contributed by atoms with Crippen LogP contribution in [0.25, 0.3) is 0 Å². The number of primary amides is 1. The molecule has 1 aliphatic rings. The van der Waals surface area contributed by atoms with Crippen molar-refractivity contribution in [3.8, 4) is 6.07 Å². The van der Waals surface area contributed by atoms with Crippen molar-refractivity contribution >= 4 is 11.8 Å². The minimum Gasteiger partial charge on any atom is -0.370 e. The molecule has 27 heavy (non-hydrogen) atoms. The standard InChI is InChI=1S/C20H25N5O2/c21-13-17-14-24-19(25-17)20(27)23-12-4-7-16(10-11-18(22)26)9-8-15-5-2-1-3-6-15/h4-5,7,9,14H,1-3,6,8,10-12H2,(H2,22,26)(H,23,27)(H,24,25)/b7-4-,16-9+. The number of H-pyrrole nitrogens is 1. The van der Waals surface area contributed by atoms with E-state index in [1.165, 1.54) is 24.6 Å². The number of nitrogens with one attached hydrogen (secondary N) is 2. The Kier molecular flexibility index (Phi) is 8.04. The summed E-state index contributed by atoms with van der Waals surface area (Å²) < 4.78 is 0. The summed E-state index contributed by atoms with van der Waals surface area (Å²) in [5.41, 5.74) is 7.89. The molecule has 0 atom stereocenters. The molecule has 7 heteroatoms. The second-order valence-electron chi connectivity index (χ2n) is 6.42. The first-order valence-electron chi connectivity index (χ1n) is 9.14. The van der Waals surface area contributed by atoms with Gasteiger partial charge in [0.2, 0.25) is 5.91 Å². The first-order chi connectivity index (χ1) is 13.1. The molecule has 0 aromatic carbocycles. The van der Waals surface area contributed by atoms with Gasteiger partial charge in [-0.05, 0) is 38.5 Å². The Labute approximate surface area is 159 Å². The molecule has 1 aromatic rings. The molecule has 0 bridgehead atoms. The van der Waals surface area contributed by atoms with Gasteiger partial charge in [-0.3, -0.25) is 9.59 Å². The largest absolute Gasteiger partial charge is 0.370 e. The number of carbonyl (C=O) groups excluding carboxylic acids is 2. The molecule has 142 valence electrons. The van der Waals surface area contributed by atoms with Crippen LogP contribution in [0.15, 0.2) is 41.6 Å². The van der Waals surface area contributed by atoms with E-state index in [0.29, 0.717) is 19.4 Å². The van der Waals surface area contributed by atoms with Gasteiger partial charge in [0.05, 0.1) is 0 Å². The number of carbonyl (C=O) groups is 2. The van der Waals surface area contributed by atoms with Gasteiger partial charge in [-0.25, -0.2) is 4.98 Å². The van der Waals surface area contributed by atoms with E-state index in [-0.39, 0.29) is 23.3 Å². The van der Waals surface area contributed by atoms with E-state index in [9.17, 15) is 9.59 Å². The Morgan fingerprint density at radius 3 is 2.89 bits per heavy atom. The number of aromatic nitrogens is 2. The van der Waals surface area contributed by atoms with Crippen molar-refractivity contribution in [3.63, 3.8) is 0 Å². The summed E-state index contributed by atoms with van der Waals surface area (Å²) in [6.45, 7) is 0.317. The van der Waals surface area contributed by atoms with Crippen LogP contribution in [0.5, 0.6) is 0 Å². The van der Waals surface area contributed by atoms with Gasteiger partial charge in [-0.2, -0.15) is 5.26 Å². The normalized spacial score (nSPS) is 14.6. The number of imidazole rings is 1. The molecular formula is C20H25N5O2. The highest BCUT2D eigenvalue weighted by molar-refractivity contribution is 5.90. The van der Waals surface area contributed by atoms with Crippen molar-refractivity contribution in [1.29, 1.82) is 5.26 Å². The zero-order valence-electron chi connectivity index (χ0n) is 15.3.